The van der Waals surface area contributed by atoms with Crippen molar-refractivity contribution < 1.29 is 0 Å². The van der Waals surface area contributed by atoms with E-state index in [9.17, 15) is 0 Å². The van der Waals surface area contributed by atoms with Gasteiger partial charge in [-0.3, -0.25) is 0 Å². The molecule has 0 aromatic heterocycles. The molecule has 338 valence electrons. The molecular weight excluding hydrogens is 783 g/mol. The van der Waals surface area contributed by atoms with Gasteiger partial charge in [0.15, 0.2) is 0 Å². The summed E-state index contributed by atoms with van der Waals surface area (Å²) < 4.78 is 0. The van der Waals surface area contributed by atoms with Crippen molar-refractivity contribution >= 4 is 17.1 Å². The number of hydrogen-bond acceptors (Lipinski definition) is 1. The second kappa shape index (κ2) is 12.9. The lowest BCUT2D eigenvalue weighted by atomic mass is 9.27. The second-order valence-corrected chi connectivity index (χ2v) is 27.7. The molecule has 0 radical (unpaired) electrons. The number of rotatable bonds is 4. The average Bonchev–Trinajstić information content (AvgIpc) is 3.87. The summed E-state index contributed by atoms with van der Waals surface area (Å²) in [6, 6.07) is 38.2. The van der Waals surface area contributed by atoms with Gasteiger partial charge in [-0.25, -0.2) is 0 Å². The van der Waals surface area contributed by atoms with E-state index in [4.69, 9.17) is 0 Å². The maximum Gasteiger partial charge on any atom is 0.0471 e. The van der Waals surface area contributed by atoms with E-state index in [1.165, 1.54) is 124 Å². The van der Waals surface area contributed by atoms with Crippen LogP contribution in [0.25, 0.3) is 22.3 Å². The average molecular weight is 860 g/mol. The molecule has 6 unspecified atom stereocenters. The zero-order valence-electron chi connectivity index (χ0n) is 42.6. The van der Waals surface area contributed by atoms with E-state index >= 15 is 0 Å². The molecule has 1 heteroatoms. The summed E-state index contributed by atoms with van der Waals surface area (Å²) in [6.45, 7) is 34.3. The smallest absolute Gasteiger partial charge is 0.0471 e. The highest BCUT2D eigenvalue weighted by Crippen LogP contribution is 2.90. The third kappa shape index (κ3) is 5.57. The van der Waals surface area contributed by atoms with Crippen LogP contribution in [0.1, 0.15) is 193 Å². The van der Waals surface area contributed by atoms with Gasteiger partial charge in [0.25, 0.3) is 0 Å². The summed E-state index contributed by atoms with van der Waals surface area (Å²) in [6.07, 6.45) is 10.6. The highest BCUT2D eigenvalue weighted by molar-refractivity contribution is 5.97. The molecule has 6 atom stereocenters. The van der Waals surface area contributed by atoms with Crippen LogP contribution in [0.4, 0.5) is 17.1 Å². The summed E-state index contributed by atoms with van der Waals surface area (Å²) >= 11 is 0. The summed E-state index contributed by atoms with van der Waals surface area (Å²) in [5.74, 6) is 3.33. The van der Waals surface area contributed by atoms with Crippen LogP contribution in [0.15, 0.2) is 91.0 Å². The Morgan fingerprint density at radius 2 is 0.969 bits per heavy atom. The van der Waals surface area contributed by atoms with Crippen LogP contribution in [-0.2, 0) is 37.9 Å². The molecular formula is C64H77N. The summed E-state index contributed by atoms with van der Waals surface area (Å²) in [4.78, 5) is 2.73. The standard InChI is InChI=1S/C64H77N/c1-57(2,3)40-29-39(30-41(31-40)58(4,5)6)47-33-45(36-53-56(47)46-17-15-16-18-48(46)64(53)54-28-38-27-42-32-55(64)63(42,54)37-38)65(43-19-21-49-51(34-43)61(11,12)25-23-59(49,7)8)44-20-22-50-52(35-44)62(13,14)26-24-60(50,9)10/h15-22,29-31,33-36,38,42,54-55H,23-28,32,37H2,1-14H3. The van der Waals surface area contributed by atoms with Gasteiger partial charge in [0.1, 0.15) is 0 Å². The maximum atomic E-state index is 2.77. The molecule has 0 aliphatic heterocycles. The zero-order valence-corrected chi connectivity index (χ0v) is 42.6. The number of anilines is 3. The van der Waals surface area contributed by atoms with Crippen molar-refractivity contribution in [3.8, 4) is 22.3 Å². The van der Waals surface area contributed by atoms with Crippen molar-refractivity contribution in [2.75, 3.05) is 4.90 Å². The lowest BCUT2D eigenvalue weighted by molar-refractivity contribution is -0.231. The molecule has 0 N–H and O–H groups in total. The van der Waals surface area contributed by atoms with Gasteiger partial charge in [0, 0.05) is 22.5 Å². The summed E-state index contributed by atoms with van der Waals surface area (Å²) in [7, 11) is 0. The minimum absolute atomic E-state index is 0.0137. The van der Waals surface area contributed by atoms with Crippen molar-refractivity contribution in [2.24, 2.45) is 29.1 Å². The van der Waals surface area contributed by atoms with Crippen molar-refractivity contribution in [1.29, 1.82) is 0 Å². The molecule has 2 bridgehead atoms. The largest absolute Gasteiger partial charge is 0.310 e. The van der Waals surface area contributed by atoms with E-state index in [-0.39, 0.29) is 37.9 Å². The first-order chi connectivity index (χ1) is 30.4. The predicted octanol–water partition coefficient (Wildman–Crippen LogP) is 17.4. The Morgan fingerprint density at radius 3 is 1.51 bits per heavy atom. The van der Waals surface area contributed by atoms with Crippen LogP contribution in [0.3, 0.4) is 0 Å². The molecule has 1 nitrogen and oxygen atoms in total. The lowest BCUT2D eigenvalue weighted by Gasteiger charge is -2.76. The van der Waals surface area contributed by atoms with Crippen LogP contribution in [-0.4, -0.2) is 0 Å². The van der Waals surface area contributed by atoms with Crippen molar-refractivity contribution in [3.63, 3.8) is 0 Å². The van der Waals surface area contributed by atoms with Gasteiger partial charge in [-0.05, 0) is 216 Å². The molecule has 65 heavy (non-hydrogen) atoms. The van der Waals surface area contributed by atoms with Crippen LogP contribution in [0.5, 0.6) is 0 Å². The number of benzene rings is 5. The molecule has 5 aromatic rings. The van der Waals surface area contributed by atoms with E-state index in [1.807, 2.05) is 0 Å². The van der Waals surface area contributed by atoms with Crippen molar-refractivity contribution in [1.82, 2.24) is 0 Å². The van der Waals surface area contributed by atoms with Gasteiger partial charge in [0.05, 0.1) is 0 Å². The van der Waals surface area contributed by atoms with Crippen LogP contribution >= 0.6 is 0 Å². The number of hydrogen-bond donors (Lipinski definition) is 0. The number of fused-ring (bicyclic) bond motifs is 10. The summed E-state index contributed by atoms with van der Waals surface area (Å²) in [5, 5.41) is 0. The highest BCUT2D eigenvalue weighted by atomic mass is 15.1. The van der Waals surface area contributed by atoms with E-state index in [1.54, 1.807) is 11.1 Å². The van der Waals surface area contributed by atoms with Crippen molar-refractivity contribution in [3.05, 3.63) is 136 Å². The van der Waals surface area contributed by atoms with E-state index in [2.05, 4.69) is 193 Å². The van der Waals surface area contributed by atoms with Crippen LogP contribution in [0.2, 0.25) is 0 Å². The van der Waals surface area contributed by atoms with Crippen LogP contribution in [0, 0.1) is 29.1 Å². The lowest BCUT2D eigenvalue weighted by Crippen LogP contribution is -2.73. The molecule has 0 amide bonds. The summed E-state index contributed by atoms with van der Waals surface area (Å²) in [5.41, 5.74) is 23.2. The fourth-order valence-electron chi connectivity index (χ4n) is 16.3. The Hall–Kier alpha value is -4.10. The molecule has 4 saturated carbocycles. The highest BCUT2D eigenvalue weighted by Gasteiger charge is 2.84. The van der Waals surface area contributed by atoms with E-state index < -0.39 is 0 Å². The molecule has 7 aliphatic rings. The topological polar surface area (TPSA) is 3.24 Å². The zero-order chi connectivity index (χ0) is 45.8. The predicted molar refractivity (Wildman–Crippen MR) is 276 cm³/mol. The monoisotopic (exact) mass is 860 g/mol. The Balaban J connectivity index is 1.18. The van der Waals surface area contributed by atoms with E-state index in [0.29, 0.717) is 5.41 Å². The van der Waals surface area contributed by atoms with E-state index in [0.717, 1.165) is 23.7 Å². The maximum absolute atomic E-state index is 2.77. The first-order valence-corrected chi connectivity index (χ1v) is 25.9. The molecule has 7 aliphatic carbocycles. The van der Waals surface area contributed by atoms with Gasteiger partial charge in [-0.2, -0.15) is 0 Å². The Kier molecular flexibility index (Phi) is 8.39. The van der Waals surface area contributed by atoms with Crippen LogP contribution < -0.4 is 4.90 Å². The first kappa shape index (κ1) is 42.3. The minimum Gasteiger partial charge on any atom is -0.310 e. The third-order valence-corrected chi connectivity index (χ3v) is 20.1. The van der Waals surface area contributed by atoms with Gasteiger partial charge >= 0.3 is 0 Å². The van der Waals surface area contributed by atoms with Gasteiger partial charge in [0.2, 0.25) is 0 Å². The first-order valence-electron chi connectivity index (χ1n) is 25.9. The molecule has 12 rings (SSSR count). The number of nitrogens with zero attached hydrogens (tertiary/aromatic N) is 1. The molecule has 0 heterocycles. The fraction of sp³-hybridized carbons (Fsp3) is 0.531. The minimum atomic E-state index is 0.0137. The van der Waals surface area contributed by atoms with Crippen molar-refractivity contribution in [2.45, 2.75) is 186 Å². The normalized spacial score (nSPS) is 29.8. The second-order valence-electron chi connectivity index (χ2n) is 27.7. The molecule has 0 saturated heterocycles. The molecule has 4 fully saturated rings. The molecule has 5 aromatic carbocycles. The Bertz CT molecular complexity index is 2730. The SMILES string of the molecule is CC(C)(C)c1cc(-c2cc(N(c3ccc4c(c3)C(C)(C)CCC4(C)C)c3ccc4c(c3)C(C)(C)CCC4(C)C)cc3c2-c2ccccc2C32C3CC4CC5CC2C53C4)cc(C(C)(C)C)c1. The van der Waals surface area contributed by atoms with Gasteiger partial charge in [-0.1, -0.05) is 152 Å². The Labute approximate surface area is 393 Å². The van der Waals surface area contributed by atoms with Gasteiger partial charge in [-0.15, -0.1) is 0 Å². The molecule has 2 spiro atoms. The Morgan fingerprint density at radius 1 is 0.462 bits per heavy atom. The fourth-order valence-corrected chi connectivity index (χ4v) is 16.3. The third-order valence-electron chi connectivity index (χ3n) is 20.1. The quantitative estimate of drug-likeness (QED) is 0.174. The van der Waals surface area contributed by atoms with Gasteiger partial charge < -0.3 is 4.90 Å².